The molecule has 0 saturated heterocycles. The Morgan fingerprint density at radius 2 is 1.96 bits per heavy atom. The molecule has 122 valence electrons. The minimum absolute atomic E-state index is 0.343. The van der Waals surface area contributed by atoms with E-state index in [1.54, 1.807) is 37.3 Å². The molecule has 0 amide bonds. The molecule has 0 radical (unpaired) electrons. The predicted octanol–water partition coefficient (Wildman–Crippen LogP) is 4.89. The number of hydrogen-bond acceptors (Lipinski definition) is 4. The number of halogens is 2. The Kier molecular flexibility index (Phi) is 4.88. The van der Waals surface area contributed by atoms with Crippen molar-refractivity contribution in [2.45, 2.75) is 13.5 Å². The van der Waals surface area contributed by atoms with Crippen LogP contribution >= 0.6 is 23.2 Å². The van der Waals surface area contributed by atoms with Crippen LogP contribution in [0.5, 0.6) is 5.75 Å². The summed E-state index contributed by atoms with van der Waals surface area (Å²) in [5, 5.41) is 4.85. The van der Waals surface area contributed by atoms with Gasteiger partial charge >= 0.3 is 5.97 Å². The number of nitrogens with zero attached hydrogens (tertiary/aromatic N) is 1. The van der Waals surface area contributed by atoms with Gasteiger partial charge in [0.2, 0.25) is 0 Å². The third kappa shape index (κ3) is 3.78. The van der Waals surface area contributed by atoms with E-state index in [4.69, 9.17) is 27.9 Å². The zero-order valence-electron chi connectivity index (χ0n) is 12.8. The first kappa shape index (κ1) is 16.6. The Morgan fingerprint density at radius 1 is 1.17 bits per heavy atom. The van der Waals surface area contributed by atoms with Crippen LogP contribution in [0, 0.1) is 0 Å². The van der Waals surface area contributed by atoms with E-state index in [1.807, 2.05) is 18.2 Å². The van der Waals surface area contributed by atoms with E-state index in [0.717, 1.165) is 5.56 Å². The van der Waals surface area contributed by atoms with Gasteiger partial charge in [0, 0.05) is 15.6 Å². The summed E-state index contributed by atoms with van der Waals surface area (Å²) in [6.07, 6.45) is 1.66. The van der Waals surface area contributed by atoms with Gasteiger partial charge < -0.3 is 9.57 Å². The smallest absolute Gasteiger partial charge is 0.367 e. The van der Waals surface area contributed by atoms with E-state index < -0.39 is 5.97 Å². The lowest BCUT2D eigenvalue weighted by Crippen LogP contribution is -2.03. The Morgan fingerprint density at radius 3 is 2.67 bits per heavy atom. The summed E-state index contributed by atoms with van der Waals surface area (Å²) in [6, 6.07) is 12.6. The minimum atomic E-state index is -0.492. The number of carbonyl (C=O) groups is 1. The lowest BCUT2D eigenvalue weighted by molar-refractivity contribution is -0.136. The highest BCUT2D eigenvalue weighted by molar-refractivity contribution is 6.31. The Hall–Kier alpha value is -2.30. The van der Waals surface area contributed by atoms with Crippen molar-refractivity contribution in [2.24, 2.45) is 5.16 Å². The molecule has 4 nitrogen and oxygen atoms in total. The van der Waals surface area contributed by atoms with Crippen LogP contribution in [0.4, 0.5) is 0 Å². The van der Waals surface area contributed by atoms with Crippen LogP contribution in [-0.4, -0.2) is 11.7 Å². The lowest BCUT2D eigenvalue weighted by Gasteiger charge is -2.10. The number of hydrogen-bond donors (Lipinski definition) is 0. The molecular formula is C18H13Cl2NO3. The predicted molar refractivity (Wildman–Crippen MR) is 94.4 cm³/mol. The van der Waals surface area contributed by atoms with Crippen molar-refractivity contribution >= 4 is 41.0 Å². The largest absolute Gasteiger partial charge is 0.488 e. The maximum atomic E-state index is 11.7. The number of benzene rings is 2. The van der Waals surface area contributed by atoms with Gasteiger partial charge in [-0.1, -0.05) is 40.5 Å². The lowest BCUT2D eigenvalue weighted by atomic mass is 10.1. The molecule has 1 aliphatic heterocycles. The standard InChI is InChI=1S/C18H13Cl2NO3/c1-11-16(18(22)24-21-11)9-13-8-15(20)5-6-17(13)23-10-12-3-2-4-14(19)7-12/h2-9H,10H2,1H3/b16-9+. The number of rotatable bonds is 4. The van der Waals surface area contributed by atoms with Crippen molar-refractivity contribution in [3.05, 3.63) is 69.2 Å². The molecule has 1 aliphatic rings. The molecule has 0 saturated carbocycles. The number of oxime groups is 1. The first-order chi connectivity index (χ1) is 11.5. The van der Waals surface area contributed by atoms with Crippen molar-refractivity contribution in [3.8, 4) is 5.75 Å². The van der Waals surface area contributed by atoms with Crippen molar-refractivity contribution in [1.29, 1.82) is 0 Å². The quantitative estimate of drug-likeness (QED) is 0.575. The highest BCUT2D eigenvalue weighted by Crippen LogP contribution is 2.28. The topological polar surface area (TPSA) is 47.9 Å². The maximum absolute atomic E-state index is 11.7. The fourth-order valence-electron chi connectivity index (χ4n) is 2.23. The van der Waals surface area contributed by atoms with E-state index in [-0.39, 0.29) is 0 Å². The average molecular weight is 362 g/mol. The minimum Gasteiger partial charge on any atom is -0.488 e. The van der Waals surface area contributed by atoms with Crippen molar-refractivity contribution < 1.29 is 14.4 Å². The summed E-state index contributed by atoms with van der Waals surface area (Å²) in [7, 11) is 0. The third-order valence-corrected chi connectivity index (χ3v) is 3.90. The van der Waals surface area contributed by atoms with E-state index in [2.05, 4.69) is 9.99 Å². The van der Waals surface area contributed by atoms with Gasteiger partial charge in [0.25, 0.3) is 0 Å². The summed E-state index contributed by atoms with van der Waals surface area (Å²) in [5.74, 6) is 0.104. The summed E-state index contributed by atoms with van der Waals surface area (Å²) < 4.78 is 5.86. The van der Waals surface area contributed by atoms with Crippen molar-refractivity contribution in [3.63, 3.8) is 0 Å². The van der Waals surface area contributed by atoms with Gasteiger partial charge in [-0.15, -0.1) is 0 Å². The van der Waals surface area contributed by atoms with Crippen molar-refractivity contribution in [1.82, 2.24) is 0 Å². The normalized spacial score (nSPS) is 15.4. The van der Waals surface area contributed by atoms with E-state index in [1.165, 1.54) is 0 Å². The van der Waals surface area contributed by atoms with Crippen LogP contribution < -0.4 is 4.74 Å². The SMILES string of the molecule is CC1=NOC(=O)/C1=C/c1cc(Cl)ccc1OCc1cccc(Cl)c1. The molecule has 3 rings (SSSR count). The second-order valence-electron chi connectivity index (χ2n) is 5.21. The fraction of sp³-hybridized carbons (Fsp3) is 0.111. The monoisotopic (exact) mass is 361 g/mol. The van der Waals surface area contributed by atoms with Gasteiger partial charge in [0.15, 0.2) is 0 Å². The summed E-state index contributed by atoms with van der Waals surface area (Å²) in [5.41, 5.74) is 2.51. The van der Waals surface area contributed by atoms with E-state index in [0.29, 0.717) is 39.2 Å². The molecule has 0 aromatic heterocycles. The van der Waals surface area contributed by atoms with Crippen LogP contribution in [0.3, 0.4) is 0 Å². The average Bonchev–Trinajstić information content (AvgIpc) is 2.86. The van der Waals surface area contributed by atoms with Gasteiger partial charge in [-0.25, -0.2) is 4.79 Å². The first-order valence-corrected chi connectivity index (χ1v) is 7.93. The van der Waals surface area contributed by atoms with Crippen LogP contribution in [0.15, 0.2) is 53.2 Å². The van der Waals surface area contributed by atoms with Gasteiger partial charge in [-0.05, 0) is 48.9 Å². The zero-order chi connectivity index (χ0) is 17.1. The summed E-state index contributed by atoms with van der Waals surface area (Å²) >= 11 is 12.0. The molecule has 0 N–H and O–H groups in total. The van der Waals surface area contributed by atoms with Gasteiger partial charge in [-0.3, -0.25) is 0 Å². The molecule has 0 spiro atoms. The molecule has 0 atom stereocenters. The van der Waals surface area contributed by atoms with Crippen LogP contribution in [0.1, 0.15) is 18.1 Å². The molecule has 6 heteroatoms. The zero-order valence-corrected chi connectivity index (χ0v) is 14.3. The van der Waals surface area contributed by atoms with Gasteiger partial charge in [0.05, 0.1) is 11.3 Å². The molecule has 0 unspecified atom stereocenters. The van der Waals surface area contributed by atoms with E-state index >= 15 is 0 Å². The Bertz CT molecular complexity index is 859. The Balaban J connectivity index is 1.87. The summed E-state index contributed by atoms with van der Waals surface area (Å²) in [4.78, 5) is 16.4. The molecule has 1 heterocycles. The van der Waals surface area contributed by atoms with Gasteiger partial charge in [-0.2, -0.15) is 0 Å². The van der Waals surface area contributed by atoms with Crippen LogP contribution in [-0.2, 0) is 16.2 Å². The first-order valence-electron chi connectivity index (χ1n) is 7.18. The number of ether oxygens (including phenoxy) is 1. The maximum Gasteiger partial charge on any atom is 0.367 e. The highest BCUT2D eigenvalue weighted by atomic mass is 35.5. The Labute approximate surface area is 149 Å². The van der Waals surface area contributed by atoms with Crippen molar-refractivity contribution in [2.75, 3.05) is 0 Å². The molecular weight excluding hydrogens is 349 g/mol. The second-order valence-corrected chi connectivity index (χ2v) is 6.09. The second kappa shape index (κ2) is 7.07. The molecule has 2 aromatic carbocycles. The van der Waals surface area contributed by atoms with Crippen LogP contribution in [0.25, 0.3) is 6.08 Å². The fourth-order valence-corrected chi connectivity index (χ4v) is 2.62. The molecule has 0 aliphatic carbocycles. The third-order valence-electron chi connectivity index (χ3n) is 3.43. The molecule has 0 fully saturated rings. The molecule has 0 bridgehead atoms. The molecule has 2 aromatic rings. The highest BCUT2D eigenvalue weighted by Gasteiger charge is 2.22. The van der Waals surface area contributed by atoms with Gasteiger partial charge in [0.1, 0.15) is 12.4 Å². The summed E-state index contributed by atoms with van der Waals surface area (Å²) in [6.45, 7) is 2.05. The number of carbonyl (C=O) groups excluding carboxylic acids is 1. The van der Waals surface area contributed by atoms with Crippen LogP contribution in [0.2, 0.25) is 10.0 Å². The van der Waals surface area contributed by atoms with E-state index in [9.17, 15) is 4.79 Å². The molecule has 24 heavy (non-hydrogen) atoms.